The van der Waals surface area contributed by atoms with Crippen molar-refractivity contribution in [1.82, 2.24) is 10.2 Å². The molecule has 1 atom stereocenters. The molecule has 186 valence electrons. The van der Waals surface area contributed by atoms with Crippen molar-refractivity contribution < 1.29 is 19.1 Å². The van der Waals surface area contributed by atoms with Crippen molar-refractivity contribution in [2.75, 3.05) is 13.2 Å². The van der Waals surface area contributed by atoms with Gasteiger partial charge in [-0.05, 0) is 56.4 Å². The van der Waals surface area contributed by atoms with Crippen LogP contribution in [0.5, 0.6) is 0 Å². The molecule has 1 N–H and O–H groups in total. The molecule has 1 unspecified atom stereocenters. The number of carbonyl (C=O) groups excluding carboxylic acids is 3. The number of rotatable bonds is 9. The summed E-state index contributed by atoms with van der Waals surface area (Å²) >= 11 is 0. The number of hydrogen-bond donors (Lipinski definition) is 1. The van der Waals surface area contributed by atoms with Gasteiger partial charge in [-0.15, -0.1) is 0 Å². The molecule has 0 fully saturated rings. The summed E-state index contributed by atoms with van der Waals surface area (Å²) in [6.45, 7) is 11.0. The van der Waals surface area contributed by atoms with Crippen molar-refractivity contribution in [3.8, 4) is 0 Å². The Balaban J connectivity index is 1.89. The summed E-state index contributed by atoms with van der Waals surface area (Å²) in [5.41, 5.74) is 4.49. The van der Waals surface area contributed by atoms with Gasteiger partial charge in [0, 0.05) is 30.1 Å². The van der Waals surface area contributed by atoms with Crippen LogP contribution in [0, 0.1) is 12.8 Å². The predicted molar refractivity (Wildman–Crippen MR) is 137 cm³/mol. The van der Waals surface area contributed by atoms with Crippen LogP contribution in [0.4, 0.5) is 0 Å². The van der Waals surface area contributed by atoms with E-state index in [0.717, 1.165) is 23.1 Å². The lowest BCUT2D eigenvalue weighted by Gasteiger charge is -2.34. The van der Waals surface area contributed by atoms with Crippen LogP contribution >= 0.6 is 0 Å². The van der Waals surface area contributed by atoms with Gasteiger partial charge in [0.2, 0.25) is 5.91 Å². The fourth-order valence-corrected chi connectivity index (χ4v) is 4.42. The van der Waals surface area contributed by atoms with Crippen LogP contribution in [0.3, 0.4) is 0 Å². The number of esters is 1. The van der Waals surface area contributed by atoms with Gasteiger partial charge >= 0.3 is 5.97 Å². The van der Waals surface area contributed by atoms with Crippen LogP contribution < -0.4 is 5.32 Å². The Labute approximate surface area is 208 Å². The Hall–Kier alpha value is -3.41. The summed E-state index contributed by atoms with van der Waals surface area (Å²) < 4.78 is 5.38. The molecule has 1 heterocycles. The van der Waals surface area contributed by atoms with E-state index < -0.39 is 5.97 Å². The van der Waals surface area contributed by atoms with Gasteiger partial charge in [0.05, 0.1) is 18.7 Å². The minimum absolute atomic E-state index is 0.0613. The fraction of sp³-hybridized carbons (Fsp3) is 0.414. The van der Waals surface area contributed by atoms with Gasteiger partial charge in [0.15, 0.2) is 0 Å². The molecular formula is C29H36N2O4. The Morgan fingerprint density at radius 3 is 2.54 bits per heavy atom. The molecular weight excluding hydrogens is 440 g/mol. The van der Waals surface area contributed by atoms with Crippen molar-refractivity contribution in [2.24, 2.45) is 5.92 Å². The molecule has 0 bridgehead atoms. The Morgan fingerprint density at radius 2 is 1.86 bits per heavy atom. The molecule has 1 aliphatic rings. The molecule has 0 spiro atoms. The average Bonchev–Trinajstić information content (AvgIpc) is 2.81. The molecule has 35 heavy (non-hydrogen) atoms. The van der Waals surface area contributed by atoms with Crippen LogP contribution in [-0.2, 0) is 20.9 Å². The minimum Gasteiger partial charge on any atom is -0.463 e. The predicted octanol–water partition coefficient (Wildman–Crippen LogP) is 5.12. The maximum atomic E-state index is 13.3. The molecule has 2 aromatic rings. The van der Waals surface area contributed by atoms with Crippen LogP contribution in [0.15, 0.2) is 59.8 Å². The molecule has 0 aliphatic carbocycles. The number of aryl methyl sites for hydroxylation is 1. The zero-order valence-electron chi connectivity index (χ0n) is 21.4. The third-order valence-corrected chi connectivity index (χ3v) is 6.30. The Kier molecular flexibility index (Phi) is 8.85. The quantitative estimate of drug-likeness (QED) is 0.510. The molecule has 1 aliphatic heterocycles. The largest absolute Gasteiger partial charge is 0.463 e. The summed E-state index contributed by atoms with van der Waals surface area (Å²) in [5.74, 6) is -0.424. The first kappa shape index (κ1) is 26.2. The van der Waals surface area contributed by atoms with E-state index >= 15 is 0 Å². The van der Waals surface area contributed by atoms with Crippen molar-refractivity contribution in [3.05, 3.63) is 82.1 Å². The lowest BCUT2D eigenvalue weighted by atomic mass is 9.83. The molecule has 2 amide bonds. The summed E-state index contributed by atoms with van der Waals surface area (Å²) in [6, 6.07) is 15.2. The van der Waals surface area contributed by atoms with Gasteiger partial charge in [-0.3, -0.25) is 9.59 Å². The fourth-order valence-electron chi connectivity index (χ4n) is 4.42. The van der Waals surface area contributed by atoms with E-state index in [9.17, 15) is 14.4 Å². The summed E-state index contributed by atoms with van der Waals surface area (Å²) in [4.78, 5) is 40.5. The summed E-state index contributed by atoms with van der Waals surface area (Å²) in [7, 11) is 0. The SMILES string of the molecule is CCOC(=O)C1=C(C)N(Cc2cccc(C(=O)NCCC(C)C)c2)C(=O)CC1c1cccc(C)c1. The van der Waals surface area contributed by atoms with E-state index in [2.05, 4.69) is 19.2 Å². The number of nitrogens with one attached hydrogen (secondary N) is 1. The van der Waals surface area contributed by atoms with Crippen LogP contribution in [0.1, 0.15) is 73.5 Å². The number of allylic oxidation sites excluding steroid dienone is 1. The second-order valence-corrected chi connectivity index (χ2v) is 9.51. The van der Waals surface area contributed by atoms with Gasteiger partial charge < -0.3 is 15.0 Å². The highest BCUT2D eigenvalue weighted by atomic mass is 16.5. The van der Waals surface area contributed by atoms with E-state index in [-0.39, 0.29) is 37.3 Å². The monoisotopic (exact) mass is 476 g/mol. The number of amides is 2. The molecule has 0 saturated heterocycles. The number of benzene rings is 2. The van der Waals surface area contributed by atoms with Crippen molar-refractivity contribution in [1.29, 1.82) is 0 Å². The van der Waals surface area contributed by atoms with Gasteiger partial charge in [-0.2, -0.15) is 0 Å². The highest BCUT2D eigenvalue weighted by molar-refractivity contribution is 5.96. The summed E-state index contributed by atoms with van der Waals surface area (Å²) in [6.07, 6.45) is 1.10. The Bertz CT molecular complexity index is 1120. The molecule has 6 heteroatoms. The van der Waals surface area contributed by atoms with Crippen LogP contribution in [0.25, 0.3) is 0 Å². The van der Waals surface area contributed by atoms with Gasteiger partial charge in [-0.25, -0.2) is 4.79 Å². The van der Waals surface area contributed by atoms with Gasteiger partial charge in [0.25, 0.3) is 5.91 Å². The molecule has 6 nitrogen and oxygen atoms in total. The second-order valence-electron chi connectivity index (χ2n) is 9.51. The van der Waals surface area contributed by atoms with Gasteiger partial charge in [0.1, 0.15) is 0 Å². The smallest absolute Gasteiger partial charge is 0.336 e. The van der Waals surface area contributed by atoms with Crippen LogP contribution in [0.2, 0.25) is 0 Å². The molecule has 0 radical (unpaired) electrons. The second kappa shape index (κ2) is 11.8. The third-order valence-electron chi connectivity index (χ3n) is 6.30. The maximum Gasteiger partial charge on any atom is 0.336 e. The first-order chi connectivity index (χ1) is 16.7. The number of nitrogens with zero attached hydrogens (tertiary/aromatic N) is 1. The van der Waals surface area contributed by atoms with E-state index in [1.54, 1.807) is 24.8 Å². The maximum absolute atomic E-state index is 13.3. The van der Waals surface area contributed by atoms with Crippen molar-refractivity contribution in [3.63, 3.8) is 0 Å². The van der Waals surface area contributed by atoms with Crippen LogP contribution in [-0.4, -0.2) is 35.8 Å². The van der Waals surface area contributed by atoms with E-state index in [0.29, 0.717) is 29.3 Å². The standard InChI is InChI=1S/C29H36N2O4/c1-6-35-29(34)27-21(5)31(26(32)17-25(27)23-11-7-9-20(4)15-23)18-22-10-8-12-24(16-22)28(33)30-14-13-19(2)3/h7-12,15-16,19,25H,6,13-14,17-18H2,1-5H3,(H,30,33). The van der Waals surface area contributed by atoms with E-state index in [1.807, 2.05) is 49.4 Å². The molecule has 2 aromatic carbocycles. The van der Waals surface area contributed by atoms with Crippen molar-refractivity contribution in [2.45, 2.75) is 59.9 Å². The molecule has 3 rings (SSSR count). The van der Waals surface area contributed by atoms with E-state index in [1.165, 1.54) is 0 Å². The first-order valence-corrected chi connectivity index (χ1v) is 12.3. The zero-order valence-corrected chi connectivity index (χ0v) is 21.4. The molecule has 0 saturated carbocycles. The highest BCUT2D eigenvalue weighted by Gasteiger charge is 2.37. The first-order valence-electron chi connectivity index (χ1n) is 12.3. The number of ether oxygens (including phenoxy) is 1. The zero-order chi connectivity index (χ0) is 25.5. The number of carbonyl (C=O) groups is 3. The highest BCUT2D eigenvalue weighted by Crippen LogP contribution is 2.38. The van der Waals surface area contributed by atoms with E-state index in [4.69, 9.17) is 4.74 Å². The average molecular weight is 477 g/mol. The topological polar surface area (TPSA) is 75.7 Å². The third kappa shape index (κ3) is 6.59. The molecule has 0 aromatic heterocycles. The normalized spacial score (nSPS) is 16.0. The lowest BCUT2D eigenvalue weighted by Crippen LogP contribution is -2.38. The summed E-state index contributed by atoms with van der Waals surface area (Å²) in [5, 5.41) is 2.95. The van der Waals surface area contributed by atoms with Crippen molar-refractivity contribution >= 4 is 17.8 Å². The van der Waals surface area contributed by atoms with Gasteiger partial charge in [-0.1, -0.05) is 55.8 Å². The minimum atomic E-state index is -0.396. The lowest BCUT2D eigenvalue weighted by molar-refractivity contribution is -0.140. The number of hydrogen-bond acceptors (Lipinski definition) is 4. The Morgan fingerprint density at radius 1 is 1.11 bits per heavy atom.